The van der Waals surface area contributed by atoms with Gasteiger partial charge in [-0.3, -0.25) is 18.7 Å². The van der Waals surface area contributed by atoms with E-state index in [0.29, 0.717) is 23.3 Å². The highest BCUT2D eigenvalue weighted by atomic mass is 16.4. The molecule has 8 nitrogen and oxygen atoms in total. The van der Waals surface area contributed by atoms with Crippen LogP contribution in [0.3, 0.4) is 0 Å². The summed E-state index contributed by atoms with van der Waals surface area (Å²) in [7, 11) is 0. The lowest BCUT2D eigenvalue weighted by Crippen LogP contribution is -2.34. The van der Waals surface area contributed by atoms with Crippen LogP contribution in [0, 0.1) is 0 Å². The maximum atomic E-state index is 12.5. The van der Waals surface area contributed by atoms with Crippen molar-refractivity contribution in [2.75, 3.05) is 0 Å². The molecule has 0 aliphatic rings. The Bertz CT molecular complexity index is 1120. The van der Waals surface area contributed by atoms with E-state index in [1.165, 1.54) is 4.57 Å². The minimum Gasteiger partial charge on any atom is -0.408 e. The van der Waals surface area contributed by atoms with E-state index in [1.54, 1.807) is 56.0 Å². The Balaban J connectivity index is 1.56. The molecular weight excluding hydrogens is 322 g/mol. The van der Waals surface area contributed by atoms with Crippen molar-refractivity contribution < 1.29 is 9.21 Å². The summed E-state index contributed by atoms with van der Waals surface area (Å²) in [5.41, 5.74) is 2.58. The monoisotopic (exact) mass is 337 g/mol. The number of benzene rings is 1. The van der Waals surface area contributed by atoms with Gasteiger partial charge in [0.15, 0.2) is 11.2 Å². The van der Waals surface area contributed by atoms with Crippen LogP contribution in [0.4, 0.5) is 0 Å². The number of carbonyl (C=O) groups is 1. The predicted molar refractivity (Wildman–Crippen MR) is 90.0 cm³/mol. The molecule has 0 unspecified atom stereocenters. The molecule has 0 radical (unpaired) electrons. The number of fused-ring (bicyclic) bond motifs is 2. The lowest BCUT2D eigenvalue weighted by molar-refractivity contribution is -0.124. The smallest absolute Gasteiger partial charge is 0.408 e. The minimum atomic E-state index is -0.697. The Morgan fingerprint density at radius 3 is 3.04 bits per heavy atom. The Morgan fingerprint density at radius 2 is 2.16 bits per heavy atom. The Kier molecular flexibility index (Phi) is 3.57. The van der Waals surface area contributed by atoms with Gasteiger partial charge in [-0.25, -0.2) is 9.78 Å². The number of amides is 1. The zero-order chi connectivity index (χ0) is 17.4. The summed E-state index contributed by atoms with van der Waals surface area (Å²) in [5, 5.41) is 2.84. The van der Waals surface area contributed by atoms with Gasteiger partial charge < -0.3 is 9.73 Å². The average Bonchev–Trinajstić information content (AvgIpc) is 3.19. The number of para-hydroxylation sites is 2. The maximum absolute atomic E-state index is 12.5. The van der Waals surface area contributed by atoms with Gasteiger partial charge in [0.05, 0.1) is 30.1 Å². The van der Waals surface area contributed by atoms with Gasteiger partial charge in [-0.05, 0) is 19.1 Å². The molecule has 1 atom stereocenters. The van der Waals surface area contributed by atoms with Crippen molar-refractivity contribution in [3.05, 3.63) is 65.3 Å². The van der Waals surface area contributed by atoms with Crippen molar-refractivity contribution in [1.29, 1.82) is 0 Å². The van der Waals surface area contributed by atoms with Gasteiger partial charge in [0.25, 0.3) is 0 Å². The molecule has 3 heterocycles. The van der Waals surface area contributed by atoms with E-state index >= 15 is 0 Å². The third-order valence-electron chi connectivity index (χ3n) is 4.12. The van der Waals surface area contributed by atoms with Gasteiger partial charge in [-0.1, -0.05) is 12.1 Å². The summed E-state index contributed by atoms with van der Waals surface area (Å²) in [5.74, 6) is -0.831. The van der Waals surface area contributed by atoms with E-state index in [4.69, 9.17) is 4.42 Å². The van der Waals surface area contributed by atoms with Gasteiger partial charge in [-0.2, -0.15) is 0 Å². The molecule has 8 heteroatoms. The zero-order valence-electron chi connectivity index (χ0n) is 13.4. The molecule has 4 aromatic rings. The topological polar surface area (TPSA) is 94.4 Å². The first kappa shape index (κ1) is 15.1. The molecule has 0 saturated heterocycles. The van der Waals surface area contributed by atoms with E-state index < -0.39 is 11.8 Å². The summed E-state index contributed by atoms with van der Waals surface area (Å²) < 4.78 is 8.38. The third kappa shape index (κ3) is 2.57. The Labute approximate surface area is 141 Å². The molecule has 1 N–H and O–H groups in total. The molecule has 0 aliphatic carbocycles. The van der Waals surface area contributed by atoms with Crippen molar-refractivity contribution in [2.24, 2.45) is 0 Å². The SMILES string of the molecule is C[C@@H](C(=O)NCc1cnc2cnccn12)n1c(=O)oc2ccccc21. The predicted octanol–water partition coefficient (Wildman–Crippen LogP) is 1.51. The van der Waals surface area contributed by atoms with E-state index in [2.05, 4.69) is 15.3 Å². The second-order valence-electron chi connectivity index (χ2n) is 5.65. The first-order valence-corrected chi connectivity index (χ1v) is 7.79. The average molecular weight is 337 g/mol. The van der Waals surface area contributed by atoms with Crippen molar-refractivity contribution in [2.45, 2.75) is 19.5 Å². The molecule has 0 bridgehead atoms. The molecule has 1 aromatic carbocycles. The number of nitrogens with one attached hydrogen (secondary N) is 1. The van der Waals surface area contributed by atoms with Crippen LogP contribution in [0.5, 0.6) is 0 Å². The highest BCUT2D eigenvalue weighted by Gasteiger charge is 2.21. The number of nitrogens with zero attached hydrogens (tertiary/aromatic N) is 4. The number of hydrogen-bond acceptors (Lipinski definition) is 5. The number of imidazole rings is 1. The lowest BCUT2D eigenvalue weighted by atomic mass is 10.2. The van der Waals surface area contributed by atoms with E-state index in [1.807, 2.05) is 4.40 Å². The minimum absolute atomic E-state index is 0.280. The molecule has 3 aromatic heterocycles. The fraction of sp³-hybridized carbons (Fsp3) is 0.176. The molecule has 126 valence electrons. The number of hydrogen-bond donors (Lipinski definition) is 1. The molecular formula is C17H15N5O3. The largest absolute Gasteiger partial charge is 0.420 e. The van der Waals surface area contributed by atoms with E-state index in [0.717, 1.165) is 5.69 Å². The number of rotatable bonds is 4. The molecule has 0 fully saturated rings. The van der Waals surface area contributed by atoms with Crippen molar-refractivity contribution >= 4 is 22.7 Å². The lowest BCUT2D eigenvalue weighted by Gasteiger charge is -2.13. The zero-order valence-corrected chi connectivity index (χ0v) is 13.4. The first-order valence-electron chi connectivity index (χ1n) is 7.79. The van der Waals surface area contributed by atoms with Crippen LogP contribution in [0.25, 0.3) is 16.7 Å². The summed E-state index contributed by atoms with van der Waals surface area (Å²) >= 11 is 0. The number of aromatic nitrogens is 4. The van der Waals surface area contributed by atoms with Crippen molar-refractivity contribution in [1.82, 2.24) is 24.3 Å². The fourth-order valence-corrected chi connectivity index (χ4v) is 2.82. The Hall–Kier alpha value is -3.42. The second kappa shape index (κ2) is 5.90. The van der Waals surface area contributed by atoms with E-state index in [-0.39, 0.29) is 5.91 Å². The summed E-state index contributed by atoms with van der Waals surface area (Å²) in [6.45, 7) is 1.95. The molecule has 0 aliphatic heterocycles. The second-order valence-corrected chi connectivity index (χ2v) is 5.65. The molecule has 0 spiro atoms. The summed E-state index contributed by atoms with van der Waals surface area (Å²) in [6.07, 6.45) is 6.76. The fourth-order valence-electron chi connectivity index (χ4n) is 2.82. The van der Waals surface area contributed by atoms with E-state index in [9.17, 15) is 9.59 Å². The van der Waals surface area contributed by atoms with Crippen LogP contribution in [0.2, 0.25) is 0 Å². The van der Waals surface area contributed by atoms with Gasteiger partial charge in [-0.15, -0.1) is 0 Å². The van der Waals surface area contributed by atoms with Crippen LogP contribution in [0.1, 0.15) is 18.7 Å². The van der Waals surface area contributed by atoms with Crippen LogP contribution in [-0.4, -0.2) is 24.8 Å². The molecule has 25 heavy (non-hydrogen) atoms. The van der Waals surface area contributed by atoms with Gasteiger partial charge >= 0.3 is 5.76 Å². The van der Waals surface area contributed by atoms with Crippen molar-refractivity contribution in [3.63, 3.8) is 0 Å². The van der Waals surface area contributed by atoms with Crippen LogP contribution in [-0.2, 0) is 11.3 Å². The normalized spacial score (nSPS) is 12.5. The molecule has 1 amide bonds. The molecule has 4 rings (SSSR count). The third-order valence-corrected chi connectivity index (χ3v) is 4.12. The quantitative estimate of drug-likeness (QED) is 0.609. The van der Waals surface area contributed by atoms with Crippen LogP contribution >= 0.6 is 0 Å². The Morgan fingerprint density at radius 1 is 1.32 bits per heavy atom. The first-order chi connectivity index (χ1) is 12.1. The highest BCUT2D eigenvalue weighted by molar-refractivity contribution is 5.82. The van der Waals surface area contributed by atoms with Crippen molar-refractivity contribution in [3.8, 4) is 0 Å². The highest BCUT2D eigenvalue weighted by Crippen LogP contribution is 2.16. The summed E-state index contributed by atoms with van der Waals surface area (Å²) in [4.78, 5) is 32.8. The summed E-state index contributed by atoms with van der Waals surface area (Å²) in [6, 6.07) is 6.33. The standard InChI is InChI=1S/C17H15N5O3/c1-11(22-13-4-2-3-5-14(13)25-17(22)24)16(23)20-9-12-8-19-15-10-18-6-7-21(12)15/h2-8,10-11H,9H2,1H3,(H,20,23)/t11-/m0/s1. The number of oxazole rings is 1. The van der Waals surface area contributed by atoms with Gasteiger partial charge in [0.2, 0.25) is 5.91 Å². The van der Waals surface area contributed by atoms with Gasteiger partial charge in [0.1, 0.15) is 6.04 Å². The number of carbonyl (C=O) groups excluding carboxylic acids is 1. The maximum Gasteiger partial charge on any atom is 0.420 e. The van der Waals surface area contributed by atoms with Gasteiger partial charge in [0, 0.05) is 12.4 Å². The van der Waals surface area contributed by atoms with Crippen LogP contribution in [0.15, 0.2) is 58.3 Å². The molecule has 0 saturated carbocycles. The van der Waals surface area contributed by atoms with Crippen LogP contribution < -0.4 is 11.1 Å².